The van der Waals surface area contributed by atoms with Crippen molar-refractivity contribution in [2.24, 2.45) is 0 Å². The van der Waals surface area contributed by atoms with Gasteiger partial charge in [-0.05, 0) is 13.1 Å². The molecule has 1 atom stereocenters. The molecule has 1 unspecified atom stereocenters. The number of hydrogen-bond acceptors (Lipinski definition) is 5. The molecular formula is C11H14N2O3. The van der Waals surface area contributed by atoms with E-state index in [-0.39, 0.29) is 5.75 Å². The molecule has 2 rings (SSSR count). The predicted molar refractivity (Wildman–Crippen MR) is 59.3 cm³/mol. The molecule has 0 saturated heterocycles. The van der Waals surface area contributed by atoms with E-state index in [1.807, 2.05) is 0 Å². The number of phenols is 1. The monoisotopic (exact) mass is 222 g/mol. The zero-order valence-electron chi connectivity index (χ0n) is 9.19. The van der Waals surface area contributed by atoms with Gasteiger partial charge in [-0.2, -0.15) is 0 Å². The third-order valence-corrected chi connectivity index (χ3v) is 2.43. The summed E-state index contributed by atoms with van der Waals surface area (Å²) in [6.07, 6.45) is -0.764. The molecule has 0 bridgehead atoms. The Morgan fingerprint density at radius 3 is 2.94 bits per heavy atom. The van der Waals surface area contributed by atoms with Crippen molar-refractivity contribution in [1.29, 1.82) is 0 Å². The van der Waals surface area contributed by atoms with Crippen LogP contribution in [0.5, 0.6) is 5.75 Å². The number of nitrogens with one attached hydrogen (secondary N) is 1. The molecule has 5 nitrogen and oxygen atoms in total. The maximum atomic E-state index is 9.94. The topological polar surface area (TPSA) is 78.5 Å². The number of aryl methyl sites for hydroxylation is 1. The van der Waals surface area contributed by atoms with Gasteiger partial charge < -0.3 is 19.9 Å². The van der Waals surface area contributed by atoms with E-state index >= 15 is 0 Å². The molecule has 3 N–H and O–H groups in total. The first-order valence-corrected chi connectivity index (χ1v) is 5.05. The van der Waals surface area contributed by atoms with Gasteiger partial charge in [0.15, 0.2) is 17.2 Å². The van der Waals surface area contributed by atoms with Crippen LogP contribution in [0.25, 0.3) is 11.1 Å². The number of aliphatic hydroxyl groups is 1. The van der Waals surface area contributed by atoms with Gasteiger partial charge in [0.05, 0.1) is 6.10 Å². The molecule has 1 heterocycles. The fourth-order valence-corrected chi connectivity index (χ4v) is 1.68. The van der Waals surface area contributed by atoms with E-state index in [9.17, 15) is 10.2 Å². The van der Waals surface area contributed by atoms with E-state index in [4.69, 9.17) is 4.42 Å². The van der Waals surface area contributed by atoms with Gasteiger partial charge in [0.1, 0.15) is 5.52 Å². The van der Waals surface area contributed by atoms with Gasteiger partial charge in [-0.25, -0.2) is 4.98 Å². The molecule has 1 aromatic heterocycles. The van der Waals surface area contributed by atoms with Crippen molar-refractivity contribution in [3.05, 3.63) is 23.6 Å². The highest BCUT2D eigenvalue weighted by atomic mass is 16.4. The number of oxazole rings is 1. The molecule has 0 spiro atoms. The van der Waals surface area contributed by atoms with Crippen molar-refractivity contribution in [3.8, 4) is 5.75 Å². The Morgan fingerprint density at radius 1 is 1.50 bits per heavy atom. The summed E-state index contributed by atoms with van der Waals surface area (Å²) in [5, 5.41) is 22.6. The molecule has 1 aromatic carbocycles. The van der Waals surface area contributed by atoms with Crippen LogP contribution in [-0.4, -0.2) is 28.8 Å². The van der Waals surface area contributed by atoms with Gasteiger partial charge in [0, 0.05) is 19.0 Å². The Hall–Kier alpha value is -1.59. The highest BCUT2D eigenvalue weighted by molar-refractivity contribution is 5.80. The maximum Gasteiger partial charge on any atom is 0.196 e. The summed E-state index contributed by atoms with van der Waals surface area (Å²) in [5.74, 6) is 0.450. The van der Waals surface area contributed by atoms with Crippen LogP contribution in [0.15, 0.2) is 16.5 Å². The van der Waals surface area contributed by atoms with E-state index in [0.29, 0.717) is 29.1 Å². The Kier molecular flexibility index (Phi) is 2.80. The van der Waals surface area contributed by atoms with Crippen LogP contribution in [0.2, 0.25) is 0 Å². The summed E-state index contributed by atoms with van der Waals surface area (Å²) in [4.78, 5) is 4.10. The number of fused-ring (bicyclic) bond motifs is 1. The predicted octanol–water partition coefficient (Wildman–Crippen LogP) is 1.09. The van der Waals surface area contributed by atoms with Gasteiger partial charge in [-0.15, -0.1) is 0 Å². The largest absolute Gasteiger partial charge is 0.504 e. The third-order valence-electron chi connectivity index (χ3n) is 2.43. The van der Waals surface area contributed by atoms with Gasteiger partial charge in [0.25, 0.3) is 0 Å². The molecule has 0 aliphatic carbocycles. The van der Waals surface area contributed by atoms with Crippen molar-refractivity contribution in [1.82, 2.24) is 10.3 Å². The summed E-state index contributed by atoms with van der Waals surface area (Å²) in [5.41, 5.74) is 1.36. The summed E-state index contributed by atoms with van der Waals surface area (Å²) >= 11 is 0. The third kappa shape index (κ3) is 1.75. The number of rotatable bonds is 3. The molecular weight excluding hydrogens is 208 g/mol. The molecule has 5 heteroatoms. The van der Waals surface area contributed by atoms with Crippen LogP contribution < -0.4 is 5.32 Å². The van der Waals surface area contributed by atoms with E-state index in [1.165, 1.54) is 0 Å². The smallest absolute Gasteiger partial charge is 0.196 e. The number of aromatic hydroxyl groups is 1. The van der Waals surface area contributed by atoms with Crippen molar-refractivity contribution in [2.75, 3.05) is 13.6 Å². The molecule has 2 aromatic rings. The van der Waals surface area contributed by atoms with Gasteiger partial charge in [0.2, 0.25) is 0 Å². The molecule has 0 fully saturated rings. The lowest BCUT2D eigenvalue weighted by molar-refractivity contribution is 0.174. The second kappa shape index (κ2) is 4.11. The van der Waals surface area contributed by atoms with Gasteiger partial charge in [-0.1, -0.05) is 6.07 Å². The number of likely N-dealkylation sites (N-methyl/N-ethyl adjacent to an activating group) is 1. The van der Waals surface area contributed by atoms with Crippen molar-refractivity contribution < 1.29 is 14.6 Å². The fourth-order valence-electron chi connectivity index (χ4n) is 1.68. The number of nitrogens with zero attached hydrogens (tertiary/aromatic N) is 1. The highest BCUT2D eigenvalue weighted by Crippen LogP contribution is 2.32. The minimum Gasteiger partial charge on any atom is -0.504 e. The quantitative estimate of drug-likeness (QED) is 0.724. The minimum absolute atomic E-state index is 0.0409. The van der Waals surface area contributed by atoms with E-state index < -0.39 is 6.10 Å². The van der Waals surface area contributed by atoms with Crippen LogP contribution in [0.3, 0.4) is 0 Å². The minimum atomic E-state index is -0.764. The Morgan fingerprint density at radius 2 is 2.25 bits per heavy atom. The second-order valence-corrected chi connectivity index (χ2v) is 3.66. The Labute approximate surface area is 92.7 Å². The van der Waals surface area contributed by atoms with Crippen molar-refractivity contribution >= 4 is 11.1 Å². The van der Waals surface area contributed by atoms with E-state index in [2.05, 4.69) is 10.3 Å². The van der Waals surface area contributed by atoms with Crippen LogP contribution >= 0.6 is 0 Å². The average Bonchev–Trinajstić information content (AvgIpc) is 2.60. The molecule has 0 aliphatic rings. The first-order valence-electron chi connectivity index (χ1n) is 5.05. The van der Waals surface area contributed by atoms with E-state index in [0.717, 1.165) is 0 Å². The zero-order valence-corrected chi connectivity index (χ0v) is 9.19. The summed E-state index contributed by atoms with van der Waals surface area (Å²) in [7, 11) is 1.73. The SMILES string of the molecule is CNCC(O)c1ccc2nc(C)oc2c1O. The summed E-state index contributed by atoms with van der Waals surface area (Å²) < 4.78 is 5.28. The van der Waals surface area contributed by atoms with Crippen LogP contribution in [-0.2, 0) is 0 Å². The van der Waals surface area contributed by atoms with Crippen molar-refractivity contribution in [2.45, 2.75) is 13.0 Å². The van der Waals surface area contributed by atoms with Crippen LogP contribution in [0.1, 0.15) is 17.6 Å². The molecule has 0 aliphatic heterocycles. The number of hydrogen-bond donors (Lipinski definition) is 3. The van der Waals surface area contributed by atoms with Crippen LogP contribution in [0.4, 0.5) is 0 Å². The van der Waals surface area contributed by atoms with Gasteiger partial charge in [-0.3, -0.25) is 0 Å². The molecule has 86 valence electrons. The molecule has 0 amide bonds. The Bertz CT molecular complexity index is 507. The number of benzene rings is 1. The molecule has 16 heavy (non-hydrogen) atoms. The fraction of sp³-hybridized carbons (Fsp3) is 0.364. The molecule has 0 saturated carbocycles. The first-order chi connectivity index (χ1) is 7.63. The summed E-state index contributed by atoms with van der Waals surface area (Å²) in [6.45, 7) is 2.08. The lowest BCUT2D eigenvalue weighted by Gasteiger charge is -2.11. The lowest BCUT2D eigenvalue weighted by Crippen LogP contribution is -2.16. The number of phenolic OH excluding ortho intramolecular Hbond substituents is 1. The zero-order chi connectivity index (χ0) is 11.7. The van der Waals surface area contributed by atoms with E-state index in [1.54, 1.807) is 26.1 Å². The average molecular weight is 222 g/mol. The Balaban J connectivity index is 2.51. The second-order valence-electron chi connectivity index (χ2n) is 3.66. The molecule has 0 radical (unpaired) electrons. The maximum absolute atomic E-state index is 9.94. The lowest BCUT2D eigenvalue weighted by atomic mass is 10.1. The highest BCUT2D eigenvalue weighted by Gasteiger charge is 2.17. The number of aromatic nitrogens is 1. The van der Waals surface area contributed by atoms with Crippen molar-refractivity contribution in [3.63, 3.8) is 0 Å². The standard InChI is InChI=1S/C11H14N2O3/c1-6-13-8-4-3-7(9(14)5-12-2)10(15)11(8)16-6/h3-4,9,12,14-15H,5H2,1-2H3. The normalized spacial score (nSPS) is 13.2. The van der Waals surface area contributed by atoms with Crippen LogP contribution in [0, 0.1) is 6.92 Å². The summed E-state index contributed by atoms with van der Waals surface area (Å²) in [6, 6.07) is 3.38. The van der Waals surface area contributed by atoms with Gasteiger partial charge >= 0.3 is 0 Å². The first kappa shape index (κ1) is 10.9. The number of aliphatic hydroxyl groups excluding tert-OH is 1.